The van der Waals surface area contributed by atoms with E-state index in [1.165, 1.54) is 0 Å². The lowest BCUT2D eigenvalue weighted by Crippen LogP contribution is -2.19. The van der Waals surface area contributed by atoms with Gasteiger partial charge in [-0.1, -0.05) is 19.9 Å². The van der Waals surface area contributed by atoms with Crippen molar-refractivity contribution in [2.24, 2.45) is 5.92 Å². The van der Waals surface area contributed by atoms with Crippen LogP contribution < -0.4 is 5.32 Å². The van der Waals surface area contributed by atoms with Gasteiger partial charge < -0.3 is 5.32 Å². The van der Waals surface area contributed by atoms with Gasteiger partial charge in [0.1, 0.15) is 5.69 Å². The van der Waals surface area contributed by atoms with E-state index in [-0.39, 0.29) is 0 Å². The van der Waals surface area contributed by atoms with Crippen LogP contribution in [0.2, 0.25) is 0 Å². The highest BCUT2D eigenvalue weighted by molar-refractivity contribution is 5.54. The minimum absolute atomic E-state index is 0.648. The van der Waals surface area contributed by atoms with Gasteiger partial charge in [-0.05, 0) is 37.4 Å². The molecule has 4 nitrogen and oxygen atoms in total. The first-order valence-corrected chi connectivity index (χ1v) is 7.01. The maximum Gasteiger partial charge on any atom is 0.178 e. The molecule has 4 heteroatoms. The highest BCUT2D eigenvalue weighted by Gasteiger charge is 2.07. The summed E-state index contributed by atoms with van der Waals surface area (Å²) >= 11 is 0. The standard InChI is InChI=1S/C16H22N4/c1-11(2)6-17-8-14-9-19-16(20-10-14)15-13(4)5-12(3)7-18-15/h5,7,9-11,17H,6,8H2,1-4H3. The summed E-state index contributed by atoms with van der Waals surface area (Å²) in [5, 5.41) is 3.38. The Morgan fingerprint density at radius 1 is 1.05 bits per heavy atom. The Morgan fingerprint density at radius 2 is 1.75 bits per heavy atom. The summed E-state index contributed by atoms with van der Waals surface area (Å²) in [6.45, 7) is 10.3. The van der Waals surface area contributed by atoms with Crippen molar-refractivity contribution in [1.29, 1.82) is 0 Å². The van der Waals surface area contributed by atoms with Crippen molar-refractivity contribution in [3.8, 4) is 11.5 Å². The molecule has 2 aromatic rings. The molecule has 0 amide bonds. The molecular weight excluding hydrogens is 248 g/mol. The van der Waals surface area contributed by atoms with E-state index in [2.05, 4.69) is 40.2 Å². The first-order valence-electron chi connectivity index (χ1n) is 7.01. The molecule has 0 unspecified atom stereocenters. The molecule has 0 aliphatic carbocycles. The largest absolute Gasteiger partial charge is 0.312 e. The van der Waals surface area contributed by atoms with Crippen molar-refractivity contribution in [2.75, 3.05) is 6.54 Å². The Hall–Kier alpha value is -1.81. The smallest absolute Gasteiger partial charge is 0.178 e. The molecule has 0 bridgehead atoms. The summed E-state index contributed by atoms with van der Waals surface area (Å²) in [7, 11) is 0. The number of aryl methyl sites for hydroxylation is 2. The highest BCUT2D eigenvalue weighted by Crippen LogP contribution is 2.17. The number of nitrogens with one attached hydrogen (secondary N) is 1. The summed E-state index contributed by atoms with van der Waals surface area (Å²) in [5.41, 5.74) is 4.22. The minimum atomic E-state index is 0.648. The van der Waals surface area contributed by atoms with Crippen LogP contribution in [0.25, 0.3) is 11.5 Å². The predicted molar refractivity (Wildman–Crippen MR) is 81.3 cm³/mol. The molecule has 0 fully saturated rings. The quantitative estimate of drug-likeness (QED) is 0.907. The molecule has 20 heavy (non-hydrogen) atoms. The lowest BCUT2D eigenvalue weighted by atomic mass is 10.1. The lowest BCUT2D eigenvalue weighted by Gasteiger charge is -2.08. The number of hydrogen-bond donors (Lipinski definition) is 1. The third kappa shape index (κ3) is 3.84. The Labute approximate surface area is 120 Å². The van der Waals surface area contributed by atoms with E-state index in [0.29, 0.717) is 11.7 Å². The zero-order valence-electron chi connectivity index (χ0n) is 12.6. The summed E-state index contributed by atoms with van der Waals surface area (Å²) < 4.78 is 0. The third-order valence-electron chi connectivity index (χ3n) is 3.01. The molecule has 1 N–H and O–H groups in total. The zero-order valence-corrected chi connectivity index (χ0v) is 12.6. The monoisotopic (exact) mass is 270 g/mol. The van der Waals surface area contributed by atoms with Gasteiger partial charge in [0.15, 0.2) is 5.82 Å². The van der Waals surface area contributed by atoms with Crippen LogP contribution in [0.5, 0.6) is 0 Å². The van der Waals surface area contributed by atoms with Crippen molar-refractivity contribution in [3.05, 3.63) is 41.3 Å². The van der Waals surface area contributed by atoms with Crippen molar-refractivity contribution in [3.63, 3.8) is 0 Å². The van der Waals surface area contributed by atoms with E-state index < -0.39 is 0 Å². The maximum absolute atomic E-state index is 4.42. The normalized spacial score (nSPS) is 11.1. The second-order valence-electron chi connectivity index (χ2n) is 5.62. The minimum Gasteiger partial charge on any atom is -0.312 e. The van der Waals surface area contributed by atoms with Crippen LogP contribution in [0, 0.1) is 19.8 Å². The molecule has 0 radical (unpaired) electrons. The van der Waals surface area contributed by atoms with Gasteiger partial charge in [0, 0.05) is 30.7 Å². The number of pyridine rings is 1. The van der Waals surface area contributed by atoms with Gasteiger partial charge in [0.25, 0.3) is 0 Å². The molecule has 0 aliphatic rings. The van der Waals surface area contributed by atoms with Crippen LogP contribution in [-0.4, -0.2) is 21.5 Å². The fraction of sp³-hybridized carbons (Fsp3) is 0.438. The van der Waals surface area contributed by atoms with Crippen molar-refractivity contribution >= 4 is 0 Å². The number of nitrogens with zero attached hydrogens (tertiary/aromatic N) is 3. The van der Waals surface area contributed by atoms with Gasteiger partial charge >= 0.3 is 0 Å². The van der Waals surface area contributed by atoms with E-state index in [1.54, 1.807) is 0 Å². The summed E-state index contributed by atoms with van der Waals surface area (Å²) in [6.07, 6.45) is 5.59. The molecule has 2 aromatic heterocycles. The van der Waals surface area contributed by atoms with E-state index in [9.17, 15) is 0 Å². The van der Waals surface area contributed by atoms with Gasteiger partial charge in [-0.2, -0.15) is 0 Å². The first kappa shape index (κ1) is 14.6. The third-order valence-corrected chi connectivity index (χ3v) is 3.01. The number of hydrogen-bond acceptors (Lipinski definition) is 4. The predicted octanol–water partition coefficient (Wildman–Crippen LogP) is 2.90. The molecule has 0 saturated carbocycles. The summed E-state index contributed by atoms with van der Waals surface area (Å²) in [6, 6.07) is 2.10. The zero-order chi connectivity index (χ0) is 14.5. The van der Waals surface area contributed by atoms with Gasteiger partial charge in [-0.15, -0.1) is 0 Å². The van der Waals surface area contributed by atoms with Gasteiger partial charge in [-0.3, -0.25) is 4.98 Å². The average molecular weight is 270 g/mol. The number of rotatable bonds is 5. The molecular formula is C16H22N4. The molecule has 0 atom stereocenters. The molecule has 0 spiro atoms. The second kappa shape index (κ2) is 6.57. The van der Waals surface area contributed by atoms with Gasteiger partial charge in [0.2, 0.25) is 0 Å². The van der Waals surface area contributed by atoms with Crippen LogP contribution >= 0.6 is 0 Å². The Morgan fingerprint density at radius 3 is 2.35 bits per heavy atom. The Kier molecular flexibility index (Phi) is 4.79. The second-order valence-corrected chi connectivity index (χ2v) is 5.62. The molecule has 106 valence electrons. The van der Waals surface area contributed by atoms with Crippen molar-refractivity contribution in [1.82, 2.24) is 20.3 Å². The van der Waals surface area contributed by atoms with Crippen molar-refractivity contribution < 1.29 is 0 Å². The Balaban J connectivity index is 2.07. The van der Waals surface area contributed by atoms with E-state index in [4.69, 9.17) is 0 Å². The molecule has 0 aliphatic heterocycles. The molecule has 2 rings (SSSR count). The Bertz CT molecular complexity index is 561. The summed E-state index contributed by atoms with van der Waals surface area (Å²) in [5.74, 6) is 1.34. The van der Waals surface area contributed by atoms with E-state index in [1.807, 2.05) is 32.4 Å². The average Bonchev–Trinajstić information content (AvgIpc) is 2.39. The topological polar surface area (TPSA) is 50.7 Å². The first-order chi connectivity index (χ1) is 9.56. The summed E-state index contributed by atoms with van der Waals surface area (Å²) in [4.78, 5) is 13.3. The fourth-order valence-corrected chi connectivity index (χ4v) is 2.02. The van der Waals surface area contributed by atoms with E-state index >= 15 is 0 Å². The van der Waals surface area contributed by atoms with Gasteiger partial charge in [0.05, 0.1) is 0 Å². The van der Waals surface area contributed by atoms with Crippen LogP contribution in [0.3, 0.4) is 0 Å². The lowest BCUT2D eigenvalue weighted by molar-refractivity contribution is 0.551. The highest BCUT2D eigenvalue weighted by atomic mass is 14.9. The van der Waals surface area contributed by atoms with E-state index in [0.717, 1.165) is 35.5 Å². The van der Waals surface area contributed by atoms with Crippen LogP contribution in [0.15, 0.2) is 24.7 Å². The van der Waals surface area contributed by atoms with Crippen LogP contribution in [0.1, 0.15) is 30.5 Å². The van der Waals surface area contributed by atoms with Crippen LogP contribution in [0.4, 0.5) is 0 Å². The molecule has 0 aromatic carbocycles. The number of aromatic nitrogens is 3. The SMILES string of the molecule is Cc1cnc(-c2ncc(CNCC(C)C)cn2)c(C)c1. The maximum atomic E-state index is 4.42. The molecule has 0 saturated heterocycles. The van der Waals surface area contributed by atoms with Crippen LogP contribution in [-0.2, 0) is 6.54 Å². The molecule has 2 heterocycles. The fourth-order valence-electron chi connectivity index (χ4n) is 2.02. The van der Waals surface area contributed by atoms with Gasteiger partial charge in [-0.25, -0.2) is 9.97 Å². The van der Waals surface area contributed by atoms with Crippen molar-refractivity contribution in [2.45, 2.75) is 34.2 Å².